The molecule has 0 unspecified atom stereocenters. The summed E-state index contributed by atoms with van der Waals surface area (Å²) >= 11 is 5.77. The van der Waals surface area contributed by atoms with Crippen molar-refractivity contribution in [2.75, 3.05) is 11.1 Å². The molecule has 0 fully saturated rings. The van der Waals surface area contributed by atoms with Crippen molar-refractivity contribution < 1.29 is 13.2 Å². The van der Waals surface area contributed by atoms with E-state index in [2.05, 4.69) is 20.8 Å². The Morgan fingerprint density at radius 1 is 1.19 bits per heavy atom. The van der Waals surface area contributed by atoms with Crippen molar-refractivity contribution in [3.63, 3.8) is 0 Å². The molecular weight excluding hydrogens is 390 g/mol. The van der Waals surface area contributed by atoms with Crippen LogP contribution in [0.5, 0.6) is 0 Å². The molecule has 1 N–H and O–H groups in total. The lowest BCUT2D eigenvalue weighted by Crippen LogP contribution is -2.17. The Hall–Kier alpha value is -2.78. The molecule has 1 aromatic heterocycles. The van der Waals surface area contributed by atoms with Gasteiger partial charge in [-0.2, -0.15) is 0 Å². The smallest absolute Gasteiger partial charge is 0.225 e. The van der Waals surface area contributed by atoms with E-state index < -0.39 is 15.7 Å². The Labute approximate surface area is 161 Å². The van der Waals surface area contributed by atoms with Crippen molar-refractivity contribution in [1.29, 1.82) is 0 Å². The summed E-state index contributed by atoms with van der Waals surface area (Å²) in [5.41, 5.74) is 1.26. The number of sulfone groups is 1. The molecule has 3 rings (SSSR count). The van der Waals surface area contributed by atoms with Crippen molar-refractivity contribution in [2.45, 2.75) is 11.3 Å². The van der Waals surface area contributed by atoms with Gasteiger partial charge < -0.3 is 5.32 Å². The number of nitrogens with zero attached hydrogens (tertiary/aromatic N) is 4. The van der Waals surface area contributed by atoms with Gasteiger partial charge in [-0.3, -0.25) is 4.79 Å². The molecule has 0 radical (unpaired) electrons. The van der Waals surface area contributed by atoms with E-state index >= 15 is 0 Å². The average Bonchev–Trinajstić information content (AvgIpc) is 3.07. The normalized spacial score (nSPS) is 11.3. The van der Waals surface area contributed by atoms with Crippen molar-refractivity contribution >= 4 is 33.0 Å². The molecule has 10 heteroatoms. The van der Waals surface area contributed by atoms with Crippen LogP contribution >= 0.6 is 11.6 Å². The Kier molecular flexibility index (Phi) is 5.52. The van der Waals surface area contributed by atoms with E-state index in [0.29, 0.717) is 16.5 Å². The first-order valence-electron chi connectivity index (χ1n) is 7.96. The van der Waals surface area contributed by atoms with Gasteiger partial charge in [-0.05, 0) is 46.8 Å². The number of rotatable bonds is 6. The minimum atomic E-state index is -3.56. The molecule has 3 aromatic rings. The van der Waals surface area contributed by atoms with Crippen LogP contribution in [0.3, 0.4) is 0 Å². The predicted molar refractivity (Wildman–Crippen MR) is 101 cm³/mol. The second-order valence-corrected chi connectivity index (χ2v) is 8.32. The second-order valence-electron chi connectivity index (χ2n) is 5.78. The van der Waals surface area contributed by atoms with Crippen LogP contribution in [-0.4, -0.2) is 40.3 Å². The number of aryl methyl sites for hydroxylation is 1. The minimum absolute atomic E-state index is 0.136. The molecule has 1 amide bonds. The molecule has 2 aromatic carbocycles. The summed E-state index contributed by atoms with van der Waals surface area (Å²) in [6, 6.07) is 12.8. The van der Waals surface area contributed by atoms with Gasteiger partial charge in [0, 0.05) is 29.7 Å². The van der Waals surface area contributed by atoms with E-state index in [-0.39, 0.29) is 17.1 Å². The first-order chi connectivity index (χ1) is 12.8. The van der Waals surface area contributed by atoms with Crippen LogP contribution in [0.1, 0.15) is 6.42 Å². The third kappa shape index (κ3) is 4.69. The maximum atomic E-state index is 12.3. The molecule has 0 aliphatic heterocycles. The van der Waals surface area contributed by atoms with Crippen LogP contribution in [0, 0.1) is 0 Å². The first kappa shape index (κ1) is 19.0. The fourth-order valence-corrected chi connectivity index (χ4v) is 3.79. The first-order valence-corrected chi connectivity index (χ1v) is 9.99. The van der Waals surface area contributed by atoms with Gasteiger partial charge in [0.1, 0.15) is 0 Å². The highest BCUT2D eigenvalue weighted by molar-refractivity contribution is 7.91. The topological polar surface area (TPSA) is 107 Å². The Balaban J connectivity index is 1.64. The quantitative estimate of drug-likeness (QED) is 0.674. The SMILES string of the molecule is Cn1nnnc1-c1cccc(NC(=O)CCS(=O)(=O)c2ccc(Cl)cc2)c1. The monoisotopic (exact) mass is 405 g/mol. The van der Waals surface area contributed by atoms with Crippen LogP contribution in [0.15, 0.2) is 53.4 Å². The summed E-state index contributed by atoms with van der Waals surface area (Å²) in [5, 5.41) is 14.4. The highest BCUT2D eigenvalue weighted by Gasteiger charge is 2.17. The van der Waals surface area contributed by atoms with Gasteiger partial charge in [-0.25, -0.2) is 13.1 Å². The van der Waals surface area contributed by atoms with Crippen LogP contribution in [0.2, 0.25) is 5.02 Å². The van der Waals surface area contributed by atoms with Gasteiger partial charge in [0.05, 0.1) is 10.6 Å². The van der Waals surface area contributed by atoms with Crippen molar-refractivity contribution in [2.24, 2.45) is 7.05 Å². The minimum Gasteiger partial charge on any atom is -0.326 e. The third-order valence-corrected chi connectivity index (χ3v) is 5.78. The lowest BCUT2D eigenvalue weighted by Gasteiger charge is -2.08. The van der Waals surface area contributed by atoms with E-state index in [1.165, 1.54) is 28.9 Å². The molecule has 0 atom stereocenters. The van der Waals surface area contributed by atoms with Crippen LogP contribution in [0.4, 0.5) is 5.69 Å². The maximum absolute atomic E-state index is 12.3. The Morgan fingerprint density at radius 3 is 2.59 bits per heavy atom. The van der Waals surface area contributed by atoms with Gasteiger partial charge in [-0.1, -0.05) is 23.7 Å². The fourth-order valence-electron chi connectivity index (χ4n) is 2.42. The summed E-state index contributed by atoms with van der Waals surface area (Å²) in [4.78, 5) is 12.3. The molecule has 0 saturated heterocycles. The number of halogens is 1. The standard InChI is InChI=1S/C17H16ClN5O3S/c1-23-17(20-21-22-23)12-3-2-4-14(11-12)19-16(24)9-10-27(25,26)15-7-5-13(18)6-8-15/h2-8,11H,9-10H2,1H3,(H,19,24). The molecule has 1 heterocycles. The van der Waals surface area contributed by atoms with Gasteiger partial charge in [0.25, 0.3) is 0 Å². The predicted octanol–water partition coefficient (Wildman–Crippen LogP) is 2.33. The number of amides is 1. The number of hydrogen-bond acceptors (Lipinski definition) is 6. The van der Waals surface area contributed by atoms with Crippen LogP contribution < -0.4 is 5.32 Å². The van der Waals surface area contributed by atoms with Crippen LogP contribution in [0.25, 0.3) is 11.4 Å². The highest BCUT2D eigenvalue weighted by atomic mass is 35.5. The number of nitrogens with one attached hydrogen (secondary N) is 1. The van der Waals surface area contributed by atoms with E-state index in [4.69, 9.17) is 11.6 Å². The zero-order chi connectivity index (χ0) is 19.4. The largest absolute Gasteiger partial charge is 0.326 e. The molecule has 8 nitrogen and oxygen atoms in total. The number of aromatic nitrogens is 4. The van der Waals surface area contributed by atoms with Crippen molar-refractivity contribution in [1.82, 2.24) is 20.2 Å². The summed E-state index contributed by atoms with van der Waals surface area (Å²) in [5.74, 6) is -0.148. The number of hydrogen-bond donors (Lipinski definition) is 1. The Morgan fingerprint density at radius 2 is 1.93 bits per heavy atom. The number of anilines is 1. The van der Waals surface area contributed by atoms with E-state index in [0.717, 1.165) is 5.56 Å². The molecule has 0 aliphatic carbocycles. The molecule has 0 saturated carbocycles. The lowest BCUT2D eigenvalue weighted by molar-refractivity contribution is -0.115. The molecule has 27 heavy (non-hydrogen) atoms. The molecule has 0 aliphatic rings. The molecule has 0 spiro atoms. The number of tetrazole rings is 1. The maximum Gasteiger partial charge on any atom is 0.225 e. The molecular formula is C17H16ClN5O3S. The van der Waals surface area contributed by atoms with Crippen LogP contribution in [-0.2, 0) is 21.7 Å². The van der Waals surface area contributed by atoms with Gasteiger partial charge in [-0.15, -0.1) is 5.10 Å². The number of carbonyl (C=O) groups excluding carboxylic acids is 1. The lowest BCUT2D eigenvalue weighted by atomic mass is 10.2. The van der Waals surface area contributed by atoms with Crippen molar-refractivity contribution in [3.05, 3.63) is 53.6 Å². The van der Waals surface area contributed by atoms with Crippen molar-refractivity contribution in [3.8, 4) is 11.4 Å². The van der Waals surface area contributed by atoms with Gasteiger partial charge in [0.2, 0.25) is 5.91 Å². The van der Waals surface area contributed by atoms with E-state index in [1.54, 1.807) is 25.2 Å². The fraction of sp³-hybridized carbons (Fsp3) is 0.176. The second kappa shape index (κ2) is 7.85. The summed E-state index contributed by atoms with van der Waals surface area (Å²) in [6.45, 7) is 0. The summed E-state index contributed by atoms with van der Waals surface area (Å²) < 4.78 is 26.1. The Bertz CT molecular complexity index is 1060. The van der Waals surface area contributed by atoms with E-state index in [9.17, 15) is 13.2 Å². The average molecular weight is 406 g/mol. The zero-order valence-electron chi connectivity index (χ0n) is 14.3. The van der Waals surface area contributed by atoms with E-state index in [1.807, 2.05) is 6.07 Å². The number of carbonyl (C=O) groups is 1. The summed E-state index contributed by atoms with van der Waals surface area (Å²) in [7, 11) is -1.85. The van der Waals surface area contributed by atoms with Gasteiger partial charge >= 0.3 is 0 Å². The summed E-state index contributed by atoms with van der Waals surface area (Å²) in [6.07, 6.45) is -0.166. The third-order valence-electron chi connectivity index (χ3n) is 3.80. The molecule has 140 valence electrons. The molecule has 0 bridgehead atoms. The highest BCUT2D eigenvalue weighted by Crippen LogP contribution is 2.20. The zero-order valence-corrected chi connectivity index (χ0v) is 15.9. The number of benzene rings is 2. The van der Waals surface area contributed by atoms with Gasteiger partial charge in [0.15, 0.2) is 15.7 Å².